The van der Waals surface area contributed by atoms with Crippen molar-refractivity contribution < 1.29 is 18.7 Å². The predicted octanol–water partition coefficient (Wildman–Crippen LogP) is 2.80. The Balaban J connectivity index is 2.26. The number of fused-ring (bicyclic) bond motifs is 1. The zero-order valence-electron chi connectivity index (χ0n) is 9.14. The molecule has 18 heavy (non-hydrogen) atoms. The van der Waals surface area contributed by atoms with Crippen LogP contribution in [0.5, 0.6) is 0 Å². The summed E-state index contributed by atoms with van der Waals surface area (Å²) in [7, 11) is 0. The molecule has 88 valence electrons. The van der Waals surface area contributed by atoms with Gasteiger partial charge in [-0.2, -0.15) is 0 Å². The van der Waals surface area contributed by atoms with Crippen LogP contribution < -0.4 is 0 Å². The maximum absolute atomic E-state index is 13.2. The first kappa shape index (κ1) is 10.7. The molecule has 0 fully saturated rings. The van der Waals surface area contributed by atoms with Crippen molar-refractivity contribution in [3.8, 4) is 11.1 Å². The zero-order valence-corrected chi connectivity index (χ0v) is 9.14. The Bertz CT molecular complexity index is 676. The summed E-state index contributed by atoms with van der Waals surface area (Å²) in [6, 6.07) is 10.7. The minimum atomic E-state index is -0.685. The van der Waals surface area contributed by atoms with Crippen LogP contribution in [-0.2, 0) is 4.74 Å². The molecule has 0 aromatic heterocycles. The van der Waals surface area contributed by atoms with Gasteiger partial charge >= 0.3 is 11.9 Å². The number of carbonyl (C=O) groups excluding carboxylic acids is 2. The molecule has 0 radical (unpaired) electrons. The molecule has 2 aromatic carbocycles. The molecule has 3 rings (SSSR count). The molecule has 1 heterocycles. The van der Waals surface area contributed by atoms with Gasteiger partial charge in [0.05, 0.1) is 11.1 Å². The minimum absolute atomic E-state index is 0.202. The number of halogens is 1. The number of ether oxygens (including phenoxy) is 1. The third-order valence-electron chi connectivity index (χ3n) is 2.81. The van der Waals surface area contributed by atoms with Crippen molar-refractivity contribution in [3.05, 3.63) is 59.4 Å². The first-order valence-electron chi connectivity index (χ1n) is 5.32. The summed E-state index contributed by atoms with van der Waals surface area (Å²) >= 11 is 0. The second-order valence-electron chi connectivity index (χ2n) is 3.92. The van der Waals surface area contributed by atoms with Gasteiger partial charge < -0.3 is 4.74 Å². The average Bonchev–Trinajstić information content (AvgIpc) is 2.65. The fourth-order valence-corrected chi connectivity index (χ4v) is 2.03. The van der Waals surface area contributed by atoms with E-state index in [1.54, 1.807) is 24.3 Å². The molecular formula is C14H7FO3. The van der Waals surface area contributed by atoms with Gasteiger partial charge in [0.1, 0.15) is 5.82 Å². The van der Waals surface area contributed by atoms with E-state index in [4.69, 9.17) is 0 Å². The van der Waals surface area contributed by atoms with Crippen molar-refractivity contribution in [3.63, 3.8) is 0 Å². The van der Waals surface area contributed by atoms with Crippen LogP contribution in [-0.4, -0.2) is 11.9 Å². The van der Waals surface area contributed by atoms with E-state index in [9.17, 15) is 14.0 Å². The standard InChI is InChI=1S/C14H7FO3/c15-9-4-1-3-8(7-9)10-5-2-6-11-12(10)14(17)18-13(11)16/h1-7H. The molecule has 0 unspecified atom stereocenters. The minimum Gasteiger partial charge on any atom is -0.386 e. The highest BCUT2D eigenvalue weighted by molar-refractivity contribution is 6.17. The van der Waals surface area contributed by atoms with Crippen LogP contribution >= 0.6 is 0 Å². The lowest BCUT2D eigenvalue weighted by Gasteiger charge is -2.04. The molecule has 1 aliphatic heterocycles. The topological polar surface area (TPSA) is 43.4 Å². The summed E-state index contributed by atoms with van der Waals surface area (Å²) in [5, 5.41) is 0. The van der Waals surface area contributed by atoms with Crippen LogP contribution in [0.3, 0.4) is 0 Å². The normalized spacial score (nSPS) is 13.4. The number of hydrogen-bond acceptors (Lipinski definition) is 3. The van der Waals surface area contributed by atoms with Gasteiger partial charge in [-0.05, 0) is 29.3 Å². The Morgan fingerprint density at radius 2 is 1.61 bits per heavy atom. The average molecular weight is 242 g/mol. The molecule has 0 bridgehead atoms. The molecule has 0 aliphatic carbocycles. The van der Waals surface area contributed by atoms with Crippen molar-refractivity contribution in [1.82, 2.24) is 0 Å². The van der Waals surface area contributed by atoms with Crippen LogP contribution in [0.1, 0.15) is 20.7 Å². The Labute approximate surface area is 102 Å². The van der Waals surface area contributed by atoms with Gasteiger partial charge in [-0.3, -0.25) is 0 Å². The Morgan fingerprint density at radius 3 is 2.39 bits per heavy atom. The van der Waals surface area contributed by atoms with E-state index in [2.05, 4.69) is 4.74 Å². The first-order valence-corrected chi connectivity index (χ1v) is 5.32. The number of esters is 2. The first-order chi connectivity index (χ1) is 8.66. The van der Waals surface area contributed by atoms with E-state index in [1.807, 2.05) is 0 Å². The van der Waals surface area contributed by atoms with Crippen LogP contribution in [0, 0.1) is 5.82 Å². The van der Waals surface area contributed by atoms with E-state index in [0.29, 0.717) is 11.1 Å². The van der Waals surface area contributed by atoms with Gasteiger partial charge in [-0.15, -0.1) is 0 Å². The largest absolute Gasteiger partial charge is 0.386 e. The molecule has 0 saturated heterocycles. The maximum Gasteiger partial charge on any atom is 0.347 e. The van der Waals surface area contributed by atoms with Gasteiger partial charge in [0, 0.05) is 0 Å². The lowest BCUT2D eigenvalue weighted by molar-refractivity contribution is 0.0444. The van der Waals surface area contributed by atoms with E-state index in [1.165, 1.54) is 18.2 Å². The molecule has 2 aromatic rings. The van der Waals surface area contributed by atoms with Crippen molar-refractivity contribution in [1.29, 1.82) is 0 Å². The van der Waals surface area contributed by atoms with Crippen LogP contribution in [0.25, 0.3) is 11.1 Å². The summed E-state index contributed by atoms with van der Waals surface area (Å²) in [5.41, 5.74) is 1.47. The number of benzene rings is 2. The van der Waals surface area contributed by atoms with Gasteiger partial charge in [0.2, 0.25) is 0 Å². The van der Waals surface area contributed by atoms with Gasteiger partial charge in [0.15, 0.2) is 0 Å². The number of hydrogen-bond donors (Lipinski definition) is 0. The molecule has 0 amide bonds. The van der Waals surface area contributed by atoms with Gasteiger partial charge in [-0.25, -0.2) is 14.0 Å². The van der Waals surface area contributed by atoms with E-state index >= 15 is 0 Å². The molecule has 0 spiro atoms. The Morgan fingerprint density at radius 1 is 0.889 bits per heavy atom. The monoisotopic (exact) mass is 242 g/mol. The maximum atomic E-state index is 13.2. The van der Waals surface area contributed by atoms with E-state index < -0.39 is 17.8 Å². The molecule has 0 N–H and O–H groups in total. The summed E-state index contributed by atoms with van der Waals surface area (Å²) < 4.78 is 17.7. The van der Waals surface area contributed by atoms with Crippen LogP contribution in [0.15, 0.2) is 42.5 Å². The van der Waals surface area contributed by atoms with Crippen molar-refractivity contribution in [2.75, 3.05) is 0 Å². The van der Waals surface area contributed by atoms with Gasteiger partial charge in [-0.1, -0.05) is 24.3 Å². The predicted molar refractivity (Wildman–Crippen MR) is 61.6 cm³/mol. The van der Waals surface area contributed by atoms with E-state index in [-0.39, 0.29) is 11.1 Å². The SMILES string of the molecule is O=C1OC(=O)c2c1cccc2-c1cccc(F)c1. The Hall–Kier alpha value is -2.49. The third-order valence-corrected chi connectivity index (χ3v) is 2.81. The highest BCUT2D eigenvalue weighted by Crippen LogP contribution is 2.31. The van der Waals surface area contributed by atoms with Crippen LogP contribution in [0.2, 0.25) is 0 Å². The second-order valence-corrected chi connectivity index (χ2v) is 3.92. The summed E-state index contributed by atoms with van der Waals surface area (Å²) in [4.78, 5) is 23.0. The molecule has 0 saturated carbocycles. The van der Waals surface area contributed by atoms with Crippen molar-refractivity contribution in [2.24, 2.45) is 0 Å². The fourth-order valence-electron chi connectivity index (χ4n) is 2.03. The summed E-state index contributed by atoms with van der Waals surface area (Å²) in [6.07, 6.45) is 0. The highest BCUT2D eigenvalue weighted by atomic mass is 19.1. The summed E-state index contributed by atoms with van der Waals surface area (Å²) in [5.74, 6) is -1.74. The number of carbonyl (C=O) groups is 2. The second kappa shape index (κ2) is 3.77. The van der Waals surface area contributed by atoms with Crippen molar-refractivity contribution >= 4 is 11.9 Å². The summed E-state index contributed by atoms with van der Waals surface area (Å²) in [6.45, 7) is 0. The quantitative estimate of drug-likeness (QED) is 0.570. The Kier molecular flexibility index (Phi) is 2.23. The number of rotatable bonds is 1. The molecule has 1 aliphatic rings. The van der Waals surface area contributed by atoms with Crippen LogP contribution in [0.4, 0.5) is 4.39 Å². The zero-order chi connectivity index (χ0) is 12.7. The molecule has 0 atom stereocenters. The smallest absolute Gasteiger partial charge is 0.347 e. The van der Waals surface area contributed by atoms with Gasteiger partial charge in [0.25, 0.3) is 0 Å². The molecule has 4 heteroatoms. The lowest BCUT2D eigenvalue weighted by Crippen LogP contribution is -1.98. The van der Waals surface area contributed by atoms with E-state index in [0.717, 1.165) is 0 Å². The lowest BCUT2D eigenvalue weighted by atomic mass is 9.96. The molecular weight excluding hydrogens is 235 g/mol. The highest BCUT2D eigenvalue weighted by Gasteiger charge is 2.32. The molecule has 3 nitrogen and oxygen atoms in total. The fraction of sp³-hybridized carbons (Fsp3) is 0. The third kappa shape index (κ3) is 1.50. The van der Waals surface area contributed by atoms with Crippen molar-refractivity contribution in [2.45, 2.75) is 0 Å². The number of cyclic esters (lactones) is 2.